The van der Waals surface area contributed by atoms with Gasteiger partial charge in [-0.3, -0.25) is 4.79 Å². The normalized spacial score (nSPS) is 10.1. The summed E-state index contributed by atoms with van der Waals surface area (Å²) < 4.78 is 10.6. The van der Waals surface area contributed by atoms with Gasteiger partial charge in [-0.1, -0.05) is 24.3 Å². The molecule has 0 fully saturated rings. The highest BCUT2D eigenvalue weighted by Gasteiger charge is 2.19. The van der Waals surface area contributed by atoms with E-state index in [0.717, 1.165) is 5.56 Å². The second-order valence-corrected chi connectivity index (χ2v) is 5.10. The van der Waals surface area contributed by atoms with Crippen molar-refractivity contribution in [2.75, 3.05) is 18.5 Å². The number of benzene rings is 2. The summed E-state index contributed by atoms with van der Waals surface area (Å²) in [5.41, 5.74) is 1.94. The summed E-state index contributed by atoms with van der Waals surface area (Å²) in [5, 5.41) is 2.79. The van der Waals surface area contributed by atoms with Gasteiger partial charge >= 0.3 is 5.97 Å². The Morgan fingerprint density at radius 2 is 1.75 bits per heavy atom. The summed E-state index contributed by atoms with van der Waals surface area (Å²) in [7, 11) is 0. The molecule has 2 aromatic rings. The van der Waals surface area contributed by atoms with E-state index < -0.39 is 5.97 Å². The number of hydrogen-bond donors (Lipinski definition) is 1. The third-order valence-electron chi connectivity index (χ3n) is 3.43. The van der Waals surface area contributed by atoms with Crippen LogP contribution in [0.5, 0.6) is 5.75 Å². The van der Waals surface area contributed by atoms with E-state index in [9.17, 15) is 9.59 Å². The van der Waals surface area contributed by atoms with Crippen LogP contribution in [-0.4, -0.2) is 25.1 Å². The van der Waals surface area contributed by atoms with Crippen molar-refractivity contribution in [1.82, 2.24) is 0 Å². The van der Waals surface area contributed by atoms with E-state index in [1.54, 1.807) is 56.3 Å². The van der Waals surface area contributed by atoms with Gasteiger partial charge in [-0.2, -0.15) is 0 Å². The molecule has 5 nitrogen and oxygen atoms in total. The summed E-state index contributed by atoms with van der Waals surface area (Å²) >= 11 is 0. The first kappa shape index (κ1) is 17.5. The second-order valence-electron chi connectivity index (χ2n) is 5.10. The van der Waals surface area contributed by atoms with Gasteiger partial charge in [-0.05, 0) is 44.5 Å². The molecular weight excluding hydrogens is 306 g/mol. The smallest absolute Gasteiger partial charge is 0.340 e. The zero-order valence-corrected chi connectivity index (χ0v) is 14.1. The van der Waals surface area contributed by atoms with E-state index in [1.165, 1.54) is 0 Å². The fraction of sp³-hybridized carbons (Fsp3) is 0.263. The van der Waals surface area contributed by atoms with E-state index in [1.807, 2.05) is 6.92 Å². The molecule has 2 rings (SSSR count). The van der Waals surface area contributed by atoms with Crippen molar-refractivity contribution in [3.05, 3.63) is 59.2 Å². The predicted octanol–water partition coefficient (Wildman–Crippen LogP) is 3.82. The summed E-state index contributed by atoms with van der Waals surface area (Å²) in [4.78, 5) is 24.8. The molecule has 0 aliphatic heterocycles. The highest BCUT2D eigenvalue weighted by Crippen LogP contribution is 2.24. The number of para-hydroxylation sites is 1. The lowest BCUT2D eigenvalue weighted by Gasteiger charge is -2.14. The summed E-state index contributed by atoms with van der Waals surface area (Å²) in [6.07, 6.45) is 0. The van der Waals surface area contributed by atoms with Gasteiger partial charge in [0.15, 0.2) is 0 Å². The number of carbonyl (C=O) groups is 2. The Hall–Kier alpha value is -2.82. The fourth-order valence-corrected chi connectivity index (χ4v) is 2.37. The quantitative estimate of drug-likeness (QED) is 0.819. The largest absolute Gasteiger partial charge is 0.493 e. The Kier molecular flexibility index (Phi) is 5.95. The van der Waals surface area contributed by atoms with Crippen molar-refractivity contribution in [1.29, 1.82) is 0 Å². The minimum atomic E-state index is -0.455. The fourth-order valence-electron chi connectivity index (χ4n) is 2.37. The molecule has 126 valence electrons. The van der Waals surface area contributed by atoms with E-state index >= 15 is 0 Å². The summed E-state index contributed by atoms with van der Waals surface area (Å²) in [6, 6.07) is 12.2. The van der Waals surface area contributed by atoms with E-state index in [0.29, 0.717) is 29.2 Å². The first-order chi connectivity index (χ1) is 11.6. The van der Waals surface area contributed by atoms with Crippen molar-refractivity contribution in [2.45, 2.75) is 20.8 Å². The number of amides is 1. The number of nitrogens with one attached hydrogen (secondary N) is 1. The molecule has 2 aromatic carbocycles. The number of hydrogen-bond acceptors (Lipinski definition) is 4. The van der Waals surface area contributed by atoms with Crippen LogP contribution in [0, 0.1) is 6.92 Å². The zero-order chi connectivity index (χ0) is 17.5. The molecule has 24 heavy (non-hydrogen) atoms. The van der Waals surface area contributed by atoms with Crippen LogP contribution >= 0.6 is 0 Å². The number of esters is 1. The van der Waals surface area contributed by atoms with E-state index in [-0.39, 0.29) is 12.5 Å². The SMILES string of the molecule is CCOC(=O)c1c(C)cccc1NC(=O)c1ccccc1OCC. The minimum absolute atomic E-state index is 0.272. The molecule has 0 saturated carbocycles. The standard InChI is InChI=1S/C19H21NO4/c1-4-23-16-12-7-6-10-14(16)18(21)20-15-11-8-9-13(3)17(15)19(22)24-5-2/h6-12H,4-5H2,1-3H3,(H,20,21). The van der Waals surface area contributed by atoms with Gasteiger partial charge in [0.2, 0.25) is 0 Å². The third kappa shape index (κ3) is 3.93. The molecule has 5 heteroatoms. The molecular formula is C19H21NO4. The first-order valence-electron chi connectivity index (χ1n) is 7.88. The zero-order valence-electron chi connectivity index (χ0n) is 14.1. The van der Waals surface area contributed by atoms with E-state index in [2.05, 4.69) is 5.32 Å². The van der Waals surface area contributed by atoms with Gasteiger partial charge in [0.25, 0.3) is 5.91 Å². The maximum absolute atomic E-state index is 12.6. The van der Waals surface area contributed by atoms with E-state index in [4.69, 9.17) is 9.47 Å². The molecule has 1 amide bonds. The highest BCUT2D eigenvalue weighted by atomic mass is 16.5. The Morgan fingerprint density at radius 3 is 2.46 bits per heavy atom. The maximum Gasteiger partial charge on any atom is 0.340 e. The van der Waals surface area contributed by atoms with Gasteiger partial charge in [0, 0.05) is 0 Å². The van der Waals surface area contributed by atoms with Crippen LogP contribution in [0.25, 0.3) is 0 Å². The number of carbonyl (C=O) groups excluding carboxylic acids is 2. The molecule has 0 radical (unpaired) electrons. The number of anilines is 1. The van der Waals surface area contributed by atoms with Gasteiger partial charge < -0.3 is 14.8 Å². The van der Waals surface area contributed by atoms with Crippen LogP contribution in [-0.2, 0) is 4.74 Å². The van der Waals surface area contributed by atoms with Crippen molar-refractivity contribution < 1.29 is 19.1 Å². The molecule has 0 spiro atoms. The monoisotopic (exact) mass is 327 g/mol. The molecule has 0 atom stereocenters. The molecule has 0 aliphatic carbocycles. The first-order valence-corrected chi connectivity index (χ1v) is 7.88. The molecule has 1 N–H and O–H groups in total. The van der Waals surface area contributed by atoms with Gasteiger partial charge in [-0.15, -0.1) is 0 Å². The molecule has 0 heterocycles. The van der Waals surface area contributed by atoms with Crippen LogP contribution in [0.4, 0.5) is 5.69 Å². The molecule has 0 unspecified atom stereocenters. The maximum atomic E-state index is 12.6. The Labute approximate surface area is 141 Å². The lowest BCUT2D eigenvalue weighted by molar-refractivity contribution is 0.0527. The van der Waals surface area contributed by atoms with Crippen molar-refractivity contribution >= 4 is 17.6 Å². The average Bonchev–Trinajstić information content (AvgIpc) is 2.56. The average molecular weight is 327 g/mol. The number of rotatable bonds is 6. The Bertz CT molecular complexity index is 740. The predicted molar refractivity (Wildman–Crippen MR) is 92.7 cm³/mol. The lowest BCUT2D eigenvalue weighted by Crippen LogP contribution is -2.17. The van der Waals surface area contributed by atoms with Crippen molar-refractivity contribution in [3.63, 3.8) is 0 Å². The van der Waals surface area contributed by atoms with Crippen LogP contribution in [0.2, 0.25) is 0 Å². The van der Waals surface area contributed by atoms with Crippen LogP contribution < -0.4 is 10.1 Å². The number of aryl methyl sites for hydroxylation is 1. The molecule has 0 aromatic heterocycles. The molecule has 0 saturated heterocycles. The number of ether oxygens (including phenoxy) is 2. The lowest BCUT2D eigenvalue weighted by atomic mass is 10.1. The van der Waals surface area contributed by atoms with Crippen LogP contribution in [0.1, 0.15) is 40.1 Å². The second kappa shape index (κ2) is 8.15. The Balaban J connectivity index is 2.33. The summed E-state index contributed by atoms with van der Waals surface area (Å²) in [6.45, 7) is 6.13. The highest BCUT2D eigenvalue weighted by molar-refractivity contribution is 6.09. The summed E-state index contributed by atoms with van der Waals surface area (Å²) in [5.74, 6) is -0.290. The van der Waals surface area contributed by atoms with Crippen molar-refractivity contribution in [2.24, 2.45) is 0 Å². The third-order valence-corrected chi connectivity index (χ3v) is 3.43. The topological polar surface area (TPSA) is 64.6 Å². The molecule has 0 aliphatic rings. The minimum Gasteiger partial charge on any atom is -0.493 e. The van der Waals surface area contributed by atoms with Gasteiger partial charge in [0.1, 0.15) is 5.75 Å². The van der Waals surface area contributed by atoms with Crippen molar-refractivity contribution in [3.8, 4) is 5.75 Å². The van der Waals surface area contributed by atoms with Gasteiger partial charge in [-0.25, -0.2) is 4.79 Å². The van der Waals surface area contributed by atoms with Crippen LogP contribution in [0.15, 0.2) is 42.5 Å². The van der Waals surface area contributed by atoms with Gasteiger partial charge in [0.05, 0.1) is 30.0 Å². The van der Waals surface area contributed by atoms with Crippen LogP contribution in [0.3, 0.4) is 0 Å². The Morgan fingerprint density at radius 1 is 1.00 bits per heavy atom. The molecule has 0 bridgehead atoms.